The molecule has 3 rings (SSSR count). The molecule has 1 aliphatic heterocycles. The van der Waals surface area contributed by atoms with E-state index in [4.69, 9.17) is 15.2 Å². The van der Waals surface area contributed by atoms with E-state index in [9.17, 15) is 28.1 Å². The maximum absolute atomic E-state index is 12.3. The zero-order chi connectivity index (χ0) is 27.2. The van der Waals surface area contributed by atoms with Gasteiger partial charge in [-0.2, -0.15) is 9.97 Å². The van der Waals surface area contributed by atoms with Crippen molar-refractivity contribution in [2.24, 2.45) is 0 Å². The van der Waals surface area contributed by atoms with Gasteiger partial charge < -0.3 is 30.3 Å². The quantitative estimate of drug-likeness (QED) is 0.182. The molecule has 0 atom stereocenters. The first-order chi connectivity index (χ1) is 17.5. The van der Waals surface area contributed by atoms with Gasteiger partial charge in [-0.1, -0.05) is 6.07 Å². The molecule has 37 heavy (non-hydrogen) atoms. The summed E-state index contributed by atoms with van der Waals surface area (Å²) in [7, 11) is -4.00. The van der Waals surface area contributed by atoms with Crippen LogP contribution in [0.5, 0.6) is 5.88 Å². The predicted molar refractivity (Wildman–Crippen MR) is 129 cm³/mol. The number of amides is 1. The molecule has 0 saturated carbocycles. The molecule has 1 saturated heterocycles. The van der Waals surface area contributed by atoms with Crippen LogP contribution >= 0.6 is 0 Å². The highest BCUT2D eigenvalue weighted by Gasteiger charge is 2.31. The number of nitro groups is 1. The summed E-state index contributed by atoms with van der Waals surface area (Å²) in [5.41, 5.74) is 5.36. The number of pyridine rings is 1. The van der Waals surface area contributed by atoms with Gasteiger partial charge in [-0.05, 0) is 12.5 Å². The topological polar surface area (TPSA) is 213 Å². The molecule has 0 unspecified atom stereocenters. The molecule has 2 aromatic heterocycles. The fourth-order valence-electron chi connectivity index (χ4n) is 3.36. The van der Waals surface area contributed by atoms with Gasteiger partial charge in [0.1, 0.15) is 6.54 Å². The normalized spacial score (nSPS) is 13.6. The lowest BCUT2D eigenvalue weighted by atomic mass is 10.2. The maximum atomic E-state index is 12.3. The zero-order valence-corrected chi connectivity index (χ0v) is 20.9. The number of carbonyl (C=O) groups excluding carboxylic acids is 2. The molecule has 3 heterocycles. The molecule has 200 valence electrons. The number of nitrogens with two attached hydrogens (primary N) is 1. The Labute approximate surface area is 211 Å². The lowest BCUT2D eigenvalue weighted by molar-refractivity contribution is -0.383. The number of nitrogens with zero attached hydrogens (tertiary/aromatic N) is 6. The van der Waals surface area contributed by atoms with Gasteiger partial charge in [0, 0.05) is 51.2 Å². The van der Waals surface area contributed by atoms with E-state index < -0.39 is 55.8 Å². The van der Waals surface area contributed by atoms with E-state index in [1.807, 2.05) is 0 Å². The molecule has 3 N–H and O–H groups in total. The molecule has 0 aromatic carbocycles. The zero-order valence-electron chi connectivity index (χ0n) is 20.1. The molecular weight excluding hydrogens is 512 g/mol. The summed E-state index contributed by atoms with van der Waals surface area (Å²) in [5.74, 6) is -1.89. The highest BCUT2D eigenvalue weighted by Crippen LogP contribution is 2.32. The van der Waals surface area contributed by atoms with Crippen LogP contribution < -0.4 is 20.7 Å². The van der Waals surface area contributed by atoms with E-state index in [-0.39, 0.29) is 19.0 Å². The van der Waals surface area contributed by atoms with Crippen LogP contribution in [0.25, 0.3) is 0 Å². The number of hydrogen-bond donors (Lipinski definition) is 2. The molecule has 17 heteroatoms. The first kappa shape index (κ1) is 27.5. The number of nitrogens with one attached hydrogen (secondary N) is 1. The van der Waals surface area contributed by atoms with Crippen molar-refractivity contribution >= 4 is 39.2 Å². The van der Waals surface area contributed by atoms with E-state index in [0.717, 1.165) is 11.2 Å². The summed E-state index contributed by atoms with van der Waals surface area (Å²) >= 11 is 0. The lowest BCUT2D eigenvalue weighted by Gasteiger charge is -2.26. The number of nitrogen functional groups attached to an aromatic ring is 1. The Morgan fingerprint density at radius 2 is 1.97 bits per heavy atom. The fourth-order valence-corrected chi connectivity index (χ4v) is 3.87. The maximum Gasteiger partial charge on any atom is 0.416 e. The van der Waals surface area contributed by atoms with E-state index >= 15 is 0 Å². The molecule has 1 fully saturated rings. The van der Waals surface area contributed by atoms with E-state index in [0.29, 0.717) is 31.7 Å². The van der Waals surface area contributed by atoms with Crippen LogP contribution in [0.3, 0.4) is 0 Å². The molecule has 1 amide bonds. The Morgan fingerprint density at radius 3 is 2.54 bits per heavy atom. The van der Waals surface area contributed by atoms with Crippen molar-refractivity contribution in [2.75, 3.05) is 56.2 Å². The number of sulfone groups is 1. The molecule has 0 bridgehead atoms. The van der Waals surface area contributed by atoms with Gasteiger partial charge in [0.2, 0.25) is 27.4 Å². The van der Waals surface area contributed by atoms with Crippen molar-refractivity contribution in [3.05, 3.63) is 34.0 Å². The minimum Gasteiger partial charge on any atom is -0.465 e. The number of anilines is 2. The van der Waals surface area contributed by atoms with Gasteiger partial charge >= 0.3 is 17.7 Å². The van der Waals surface area contributed by atoms with Crippen molar-refractivity contribution < 1.29 is 32.4 Å². The Kier molecular flexibility index (Phi) is 8.72. The van der Waals surface area contributed by atoms with Gasteiger partial charge in [0.05, 0.1) is 11.5 Å². The largest absolute Gasteiger partial charge is 0.465 e. The first-order valence-corrected chi connectivity index (χ1v) is 12.9. The molecule has 0 spiro atoms. The van der Waals surface area contributed by atoms with Crippen molar-refractivity contribution in [3.63, 3.8) is 0 Å². The summed E-state index contributed by atoms with van der Waals surface area (Å²) < 4.78 is 34.3. The number of esters is 1. The highest BCUT2D eigenvalue weighted by molar-refractivity contribution is 7.90. The standard InChI is InChI=1S/C20H26N8O8S/c1-3-35-15(29)12-27(18-16(28(31)32)17(21)24-19(25-18)37(2,33)34)11-13-4-5-14(23-10-13)36-20(30)26-8-6-22-7-9-26/h4-5,10,22H,3,6-9,11-12H2,1-2H3,(H2,21,24,25). The number of hydrogen-bond acceptors (Lipinski definition) is 14. The SMILES string of the molecule is CCOC(=O)CN(Cc1ccc(OC(=O)N2CCNCC2)nc1)c1nc(S(C)(=O)=O)nc(N)c1[N+](=O)[O-]. The first-order valence-electron chi connectivity index (χ1n) is 11.0. The van der Waals surface area contributed by atoms with Gasteiger partial charge in [0.15, 0.2) is 0 Å². The number of rotatable bonds is 9. The van der Waals surface area contributed by atoms with E-state index in [2.05, 4.69) is 20.3 Å². The highest BCUT2D eigenvalue weighted by atomic mass is 32.2. The minimum absolute atomic E-state index is 0.0286. The van der Waals surface area contributed by atoms with Gasteiger partial charge in [-0.3, -0.25) is 14.9 Å². The Morgan fingerprint density at radius 1 is 1.27 bits per heavy atom. The van der Waals surface area contributed by atoms with Crippen LogP contribution in [0.4, 0.5) is 22.1 Å². The third-order valence-corrected chi connectivity index (χ3v) is 5.90. The van der Waals surface area contributed by atoms with Crippen molar-refractivity contribution in [1.29, 1.82) is 0 Å². The number of carbonyl (C=O) groups is 2. The Bertz CT molecular complexity index is 1270. The second-order valence-corrected chi connectivity index (χ2v) is 9.77. The second-order valence-electron chi connectivity index (χ2n) is 7.86. The number of piperazine rings is 1. The molecule has 16 nitrogen and oxygen atoms in total. The van der Waals surface area contributed by atoms with Crippen molar-refractivity contribution in [3.8, 4) is 5.88 Å². The third kappa shape index (κ3) is 7.20. The summed E-state index contributed by atoms with van der Waals surface area (Å²) in [5, 5.41) is 14.1. The van der Waals surface area contributed by atoms with Gasteiger partial charge in [-0.15, -0.1) is 0 Å². The van der Waals surface area contributed by atoms with Crippen molar-refractivity contribution in [2.45, 2.75) is 18.6 Å². The number of ether oxygens (including phenoxy) is 2. The summed E-state index contributed by atoms with van der Waals surface area (Å²) in [6.07, 6.45) is 1.61. The van der Waals surface area contributed by atoms with E-state index in [1.165, 1.54) is 23.2 Å². The third-order valence-electron chi connectivity index (χ3n) is 5.05. The Hall–Kier alpha value is -4.12. The van der Waals surface area contributed by atoms with Crippen molar-refractivity contribution in [1.82, 2.24) is 25.2 Å². The monoisotopic (exact) mass is 538 g/mol. The molecular formula is C20H26N8O8S. The smallest absolute Gasteiger partial charge is 0.416 e. The van der Waals surface area contributed by atoms with Gasteiger partial charge in [0.25, 0.3) is 5.16 Å². The molecule has 0 radical (unpaired) electrons. The Balaban J connectivity index is 1.91. The van der Waals surface area contributed by atoms with Crippen LogP contribution in [0, 0.1) is 10.1 Å². The van der Waals surface area contributed by atoms with Crippen LogP contribution in [0.15, 0.2) is 23.5 Å². The predicted octanol–water partition coefficient (Wildman–Crippen LogP) is -0.261. The van der Waals surface area contributed by atoms with E-state index in [1.54, 1.807) is 6.92 Å². The average molecular weight is 539 g/mol. The van der Waals surface area contributed by atoms with Gasteiger partial charge in [-0.25, -0.2) is 18.2 Å². The summed E-state index contributed by atoms with van der Waals surface area (Å²) in [6, 6.07) is 2.95. The average Bonchev–Trinajstić information content (AvgIpc) is 2.84. The molecule has 2 aromatic rings. The minimum atomic E-state index is -4.00. The molecule has 1 aliphatic rings. The number of aromatic nitrogens is 3. The van der Waals surface area contributed by atoms with Crippen LogP contribution in [-0.2, 0) is 25.9 Å². The van der Waals surface area contributed by atoms with Crippen LogP contribution in [0.1, 0.15) is 12.5 Å². The van der Waals surface area contributed by atoms with Crippen LogP contribution in [0.2, 0.25) is 0 Å². The molecule has 0 aliphatic carbocycles. The van der Waals surface area contributed by atoms with Crippen LogP contribution in [-0.4, -0.2) is 90.8 Å². The summed E-state index contributed by atoms with van der Waals surface area (Å²) in [6.45, 7) is 3.22. The second kappa shape index (κ2) is 11.7. The summed E-state index contributed by atoms with van der Waals surface area (Å²) in [4.78, 5) is 49.6. The lowest BCUT2D eigenvalue weighted by Crippen LogP contribution is -2.47. The fraction of sp³-hybridized carbons (Fsp3) is 0.450.